The molecule has 0 aromatic carbocycles. The van der Waals surface area contributed by atoms with E-state index in [2.05, 4.69) is 0 Å². The third-order valence-corrected chi connectivity index (χ3v) is 5.40. The van der Waals surface area contributed by atoms with Gasteiger partial charge in [-0.25, -0.2) is 0 Å². The standard InChI is InChI=1S/C12H25O9P/c1-4-19-22(17,20-5-2)6-7(13)11-9(15)8(14)10(16)12(18-3)21-11/h7-16H,4-6H2,1-3H3/t7-,8+,9+,10+,11-,12+/m1/s1. The van der Waals surface area contributed by atoms with Crippen molar-refractivity contribution < 1.29 is 43.5 Å². The first-order valence-electron chi connectivity index (χ1n) is 7.08. The molecule has 1 aliphatic rings. The molecule has 0 aliphatic carbocycles. The largest absolute Gasteiger partial charge is 0.390 e. The molecular formula is C12H25O9P. The van der Waals surface area contributed by atoms with E-state index in [0.29, 0.717) is 0 Å². The van der Waals surface area contributed by atoms with Gasteiger partial charge in [-0.15, -0.1) is 0 Å². The van der Waals surface area contributed by atoms with Gasteiger partial charge in [0.25, 0.3) is 0 Å². The quantitative estimate of drug-likeness (QED) is 0.412. The molecule has 132 valence electrons. The SMILES string of the molecule is CCOP(=O)(C[C@@H](O)[C@H]1O[C@H](OC)[C@@H](O)[C@@H](O)[C@@H]1O)OCC. The minimum Gasteiger partial charge on any atom is -0.390 e. The lowest BCUT2D eigenvalue weighted by Crippen LogP contribution is -2.61. The topological polar surface area (TPSA) is 135 Å². The number of aliphatic hydroxyl groups is 4. The third-order valence-electron chi connectivity index (χ3n) is 3.28. The van der Waals surface area contributed by atoms with Crippen LogP contribution in [0.4, 0.5) is 0 Å². The molecule has 0 aromatic rings. The van der Waals surface area contributed by atoms with Crippen molar-refractivity contribution in [3.63, 3.8) is 0 Å². The highest BCUT2D eigenvalue weighted by Gasteiger charge is 2.48. The van der Waals surface area contributed by atoms with Crippen LogP contribution in [0.2, 0.25) is 0 Å². The summed E-state index contributed by atoms with van der Waals surface area (Å²) < 4.78 is 32.6. The fourth-order valence-corrected chi connectivity index (χ4v) is 3.99. The van der Waals surface area contributed by atoms with E-state index in [4.69, 9.17) is 18.5 Å². The van der Waals surface area contributed by atoms with Crippen molar-refractivity contribution in [3.05, 3.63) is 0 Å². The minimum absolute atomic E-state index is 0.125. The molecule has 9 nitrogen and oxygen atoms in total. The van der Waals surface area contributed by atoms with Crippen LogP contribution in [-0.2, 0) is 23.1 Å². The number of methoxy groups -OCH3 is 1. The first kappa shape index (κ1) is 20.0. The van der Waals surface area contributed by atoms with Crippen LogP contribution >= 0.6 is 7.60 Å². The molecule has 1 fully saturated rings. The number of hydrogen-bond acceptors (Lipinski definition) is 9. The number of hydrogen-bond donors (Lipinski definition) is 4. The van der Waals surface area contributed by atoms with Crippen LogP contribution in [0.25, 0.3) is 0 Å². The van der Waals surface area contributed by atoms with Crippen molar-refractivity contribution in [1.29, 1.82) is 0 Å². The Balaban J connectivity index is 2.81. The smallest absolute Gasteiger partial charge is 0.333 e. The van der Waals surface area contributed by atoms with Gasteiger partial charge in [-0.1, -0.05) is 0 Å². The molecule has 1 rings (SSSR count). The average Bonchev–Trinajstić information content (AvgIpc) is 2.45. The van der Waals surface area contributed by atoms with Crippen LogP contribution in [0.1, 0.15) is 13.8 Å². The van der Waals surface area contributed by atoms with E-state index >= 15 is 0 Å². The second-order valence-corrected chi connectivity index (χ2v) is 6.98. The average molecular weight is 344 g/mol. The summed E-state index contributed by atoms with van der Waals surface area (Å²) in [5, 5.41) is 39.5. The molecule has 1 saturated heterocycles. The molecule has 4 N–H and O–H groups in total. The number of ether oxygens (including phenoxy) is 2. The molecule has 10 heteroatoms. The Morgan fingerprint density at radius 3 is 2.09 bits per heavy atom. The maximum Gasteiger partial charge on any atom is 0.333 e. The van der Waals surface area contributed by atoms with Crippen LogP contribution in [0.5, 0.6) is 0 Å². The third kappa shape index (κ3) is 4.70. The van der Waals surface area contributed by atoms with Gasteiger partial charge < -0.3 is 38.9 Å². The van der Waals surface area contributed by atoms with Gasteiger partial charge >= 0.3 is 7.60 Å². The fraction of sp³-hybridized carbons (Fsp3) is 1.00. The van der Waals surface area contributed by atoms with E-state index in [-0.39, 0.29) is 13.2 Å². The summed E-state index contributed by atoms with van der Waals surface area (Å²) in [6, 6.07) is 0. The predicted molar refractivity (Wildman–Crippen MR) is 75.4 cm³/mol. The van der Waals surface area contributed by atoms with Gasteiger partial charge in [0, 0.05) is 7.11 Å². The molecule has 0 radical (unpaired) electrons. The maximum absolute atomic E-state index is 12.4. The van der Waals surface area contributed by atoms with Gasteiger partial charge in [-0.05, 0) is 13.8 Å². The van der Waals surface area contributed by atoms with Crippen molar-refractivity contribution in [1.82, 2.24) is 0 Å². The van der Waals surface area contributed by atoms with Crippen molar-refractivity contribution in [2.75, 3.05) is 26.5 Å². The molecule has 6 atom stereocenters. The van der Waals surface area contributed by atoms with E-state index in [1.165, 1.54) is 7.11 Å². The Labute approximate surface area is 129 Å². The Morgan fingerprint density at radius 1 is 1.09 bits per heavy atom. The molecule has 0 bridgehead atoms. The molecule has 1 heterocycles. The summed E-state index contributed by atoms with van der Waals surface area (Å²) in [4.78, 5) is 0. The zero-order chi connectivity index (χ0) is 16.9. The van der Waals surface area contributed by atoms with E-state index in [1.807, 2.05) is 0 Å². The fourth-order valence-electron chi connectivity index (χ4n) is 2.26. The van der Waals surface area contributed by atoms with Crippen LogP contribution in [0.3, 0.4) is 0 Å². The Morgan fingerprint density at radius 2 is 1.64 bits per heavy atom. The molecular weight excluding hydrogens is 319 g/mol. The first-order valence-corrected chi connectivity index (χ1v) is 8.81. The van der Waals surface area contributed by atoms with Crippen molar-refractivity contribution in [2.45, 2.75) is 50.7 Å². The van der Waals surface area contributed by atoms with Crippen LogP contribution in [-0.4, -0.2) is 83.7 Å². The Bertz CT molecular complexity index is 368. The normalized spacial score (nSPS) is 34.6. The monoisotopic (exact) mass is 344 g/mol. The first-order chi connectivity index (χ1) is 10.3. The highest BCUT2D eigenvalue weighted by atomic mass is 31.2. The highest BCUT2D eigenvalue weighted by Crippen LogP contribution is 2.49. The zero-order valence-electron chi connectivity index (χ0n) is 12.9. The molecule has 1 aliphatic heterocycles. The van der Waals surface area contributed by atoms with E-state index in [1.54, 1.807) is 13.8 Å². The Kier molecular flexibility index (Phi) is 7.87. The lowest BCUT2D eigenvalue weighted by Gasteiger charge is -2.41. The summed E-state index contributed by atoms with van der Waals surface area (Å²) >= 11 is 0. The highest BCUT2D eigenvalue weighted by molar-refractivity contribution is 7.53. The second-order valence-electron chi connectivity index (χ2n) is 4.87. The number of rotatable bonds is 8. The second kappa shape index (κ2) is 8.68. The van der Waals surface area contributed by atoms with Gasteiger partial charge in [0.1, 0.15) is 24.4 Å². The maximum atomic E-state index is 12.4. The molecule has 0 amide bonds. The number of aliphatic hydroxyl groups excluding tert-OH is 4. The molecule has 0 saturated carbocycles. The summed E-state index contributed by atoms with van der Waals surface area (Å²) in [6.45, 7) is 3.51. The molecule has 22 heavy (non-hydrogen) atoms. The molecule has 0 spiro atoms. The van der Waals surface area contributed by atoms with Gasteiger partial charge in [0.05, 0.1) is 25.5 Å². The summed E-state index contributed by atoms with van der Waals surface area (Å²) in [7, 11) is -2.31. The minimum atomic E-state index is -3.56. The van der Waals surface area contributed by atoms with E-state index < -0.39 is 50.6 Å². The summed E-state index contributed by atoms with van der Waals surface area (Å²) in [5.41, 5.74) is 0. The van der Waals surface area contributed by atoms with Crippen molar-refractivity contribution in [3.8, 4) is 0 Å². The lowest BCUT2D eigenvalue weighted by atomic mass is 9.96. The van der Waals surface area contributed by atoms with Crippen molar-refractivity contribution >= 4 is 7.60 Å². The lowest BCUT2D eigenvalue weighted by molar-refractivity contribution is -0.302. The van der Waals surface area contributed by atoms with Crippen LogP contribution in [0, 0.1) is 0 Å². The summed E-state index contributed by atoms with van der Waals surface area (Å²) in [5.74, 6) is 0. The van der Waals surface area contributed by atoms with E-state index in [9.17, 15) is 25.0 Å². The van der Waals surface area contributed by atoms with Crippen LogP contribution < -0.4 is 0 Å². The zero-order valence-corrected chi connectivity index (χ0v) is 13.8. The van der Waals surface area contributed by atoms with Gasteiger partial charge in [0.2, 0.25) is 0 Å². The van der Waals surface area contributed by atoms with Gasteiger partial charge in [-0.2, -0.15) is 0 Å². The van der Waals surface area contributed by atoms with Crippen molar-refractivity contribution in [2.24, 2.45) is 0 Å². The van der Waals surface area contributed by atoms with E-state index in [0.717, 1.165) is 0 Å². The molecule has 0 unspecified atom stereocenters. The predicted octanol–water partition coefficient (Wildman–Crippen LogP) is -0.933. The molecule has 0 aromatic heterocycles. The van der Waals surface area contributed by atoms with Gasteiger partial charge in [-0.3, -0.25) is 4.57 Å². The Hall–Kier alpha value is -0.0900. The van der Waals surface area contributed by atoms with Gasteiger partial charge in [0.15, 0.2) is 6.29 Å². The van der Waals surface area contributed by atoms with Crippen LogP contribution in [0.15, 0.2) is 0 Å². The summed E-state index contributed by atoms with van der Waals surface area (Å²) in [6.07, 6.45) is -9.01.